The monoisotopic (exact) mass is 232 g/mol. The van der Waals surface area contributed by atoms with E-state index in [4.69, 9.17) is 21.4 Å². The van der Waals surface area contributed by atoms with Crippen molar-refractivity contribution in [2.45, 2.75) is 19.8 Å². The maximum atomic E-state index is 13.4. The Labute approximate surface area is 93.6 Å². The Bertz CT molecular complexity index is 353. The predicted octanol–water partition coefficient (Wildman–Crippen LogP) is 2.72. The first-order chi connectivity index (χ1) is 7.11. The van der Waals surface area contributed by atoms with Crippen LogP contribution in [0.5, 0.6) is 5.75 Å². The molecule has 0 aliphatic rings. The number of methoxy groups -OCH3 is 1. The van der Waals surface area contributed by atoms with Crippen LogP contribution in [0.25, 0.3) is 0 Å². The molecule has 0 aliphatic carbocycles. The van der Waals surface area contributed by atoms with E-state index < -0.39 is 5.82 Å². The Kier molecular flexibility index (Phi) is 4.36. The first-order valence-electron chi connectivity index (χ1n) is 4.74. The van der Waals surface area contributed by atoms with Gasteiger partial charge in [-0.1, -0.05) is 11.6 Å². The van der Waals surface area contributed by atoms with Crippen molar-refractivity contribution in [3.05, 3.63) is 28.0 Å². The average Bonchev–Trinajstić information content (AvgIpc) is 2.23. The molecule has 0 radical (unpaired) electrons. The highest BCUT2D eigenvalue weighted by molar-refractivity contribution is 6.30. The molecule has 0 unspecified atom stereocenters. The summed E-state index contributed by atoms with van der Waals surface area (Å²) in [5.74, 6) is 0.0756. The van der Waals surface area contributed by atoms with Gasteiger partial charge < -0.3 is 9.84 Å². The average molecular weight is 233 g/mol. The van der Waals surface area contributed by atoms with E-state index in [1.165, 1.54) is 7.11 Å². The molecule has 0 aromatic heterocycles. The summed E-state index contributed by atoms with van der Waals surface area (Å²) in [6.07, 6.45) is 1.23. The van der Waals surface area contributed by atoms with Gasteiger partial charge in [0.05, 0.1) is 12.1 Å². The van der Waals surface area contributed by atoms with Crippen molar-refractivity contribution < 1.29 is 14.2 Å². The molecule has 1 N–H and O–H groups in total. The third-order valence-electron chi connectivity index (χ3n) is 2.28. The van der Waals surface area contributed by atoms with Crippen LogP contribution >= 0.6 is 11.6 Å². The van der Waals surface area contributed by atoms with Gasteiger partial charge >= 0.3 is 0 Å². The zero-order valence-electron chi connectivity index (χ0n) is 8.81. The SMILES string of the molecule is COc1c(CCCO)cc(Cl)c(F)c1C. The second-order valence-corrected chi connectivity index (χ2v) is 3.72. The zero-order valence-corrected chi connectivity index (χ0v) is 9.57. The van der Waals surface area contributed by atoms with Crippen molar-refractivity contribution in [1.82, 2.24) is 0 Å². The summed E-state index contributed by atoms with van der Waals surface area (Å²) in [5, 5.41) is 8.83. The number of aliphatic hydroxyl groups is 1. The normalized spacial score (nSPS) is 10.5. The Morgan fingerprint density at radius 2 is 2.20 bits per heavy atom. The summed E-state index contributed by atoms with van der Waals surface area (Å²) >= 11 is 5.73. The van der Waals surface area contributed by atoms with E-state index in [2.05, 4.69) is 0 Å². The minimum atomic E-state index is -0.443. The number of ether oxygens (including phenoxy) is 1. The van der Waals surface area contributed by atoms with E-state index in [0.717, 1.165) is 5.56 Å². The first-order valence-corrected chi connectivity index (χ1v) is 5.12. The molecule has 1 rings (SSSR count). The molecule has 0 aliphatic heterocycles. The fourth-order valence-corrected chi connectivity index (χ4v) is 1.81. The maximum Gasteiger partial charge on any atom is 0.148 e. The second kappa shape index (κ2) is 5.33. The summed E-state index contributed by atoms with van der Waals surface area (Å²) in [5.41, 5.74) is 1.24. The van der Waals surface area contributed by atoms with Gasteiger partial charge in [-0.15, -0.1) is 0 Å². The van der Waals surface area contributed by atoms with Crippen LogP contribution in [0.1, 0.15) is 17.5 Å². The number of hydrogen-bond donors (Lipinski definition) is 1. The van der Waals surface area contributed by atoms with Gasteiger partial charge in [0.1, 0.15) is 11.6 Å². The molecule has 1 aromatic rings. The van der Waals surface area contributed by atoms with Gasteiger partial charge in [0, 0.05) is 12.2 Å². The lowest BCUT2D eigenvalue weighted by Crippen LogP contribution is -1.99. The van der Waals surface area contributed by atoms with Crippen molar-refractivity contribution in [1.29, 1.82) is 0 Å². The summed E-state index contributed by atoms with van der Waals surface area (Å²) in [6.45, 7) is 1.72. The summed E-state index contributed by atoms with van der Waals surface area (Å²) < 4.78 is 18.5. The molecule has 15 heavy (non-hydrogen) atoms. The number of hydrogen-bond acceptors (Lipinski definition) is 2. The smallest absolute Gasteiger partial charge is 0.148 e. The van der Waals surface area contributed by atoms with Crippen LogP contribution in [0.15, 0.2) is 6.07 Å². The van der Waals surface area contributed by atoms with Gasteiger partial charge in [0.2, 0.25) is 0 Å². The number of benzene rings is 1. The molecule has 0 bridgehead atoms. The minimum absolute atomic E-state index is 0.0944. The van der Waals surface area contributed by atoms with Gasteiger partial charge in [-0.05, 0) is 31.4 Å². The molecule has 0 saturated carbocycles. The third kappa shape index (κ3) is 2.61. The number of rotatable bonds is 4. The third-order valence-corrected chi connectivity index (χ3v) is 2.56. The topological polar surface area (TPSA) is 29.5 Å². The molecular formula is C11H14ClFO2. The van der Waals surface area contributed by atoms with E-state index in [0.29, 0.717) is 24.2 Å². The summed E-state index contributed by atoms with van der Waals surface area (Å²) in [6, 6.07) is 1.55. The number of aryl methyl sites for hydroxylation is 1. The van der Waals surface area contributed by atoms with Gasteiger partial charge in [0.25, 0.3) is 0 Å². The van der Waals surface area contributed by atoms with Crippen LogP contribution in [-0.2, 0) is 6.42 Å². The lowest BCUT2D eigenvalue weighted by Gasteiger charge is -2.12. The van der Waals surface area contributed by atoms with Crippen LogP contribution in [0.3, 0.4) is 0 Å². The van der Waals surface area contributed by atoms with Gasteiger partial charge in [0.15, 0.2) is 0 Å². The lowest BCUT2D eigenvalue weighted by molar-refractivity contribution is 0.287. The van der Waals surface area contributed by atoms with E-state index in [-0.39, 0.29) is 11.6 Å². The van der Waals surface area contributed by atoms with Crippen LogP contribution in [0, 0.1) is 12.7 Å². The van der Waals surface area contributed by atoms with Crippen molar-refractivity contribution in [2.75, 3.05) is 13.7 Å². The molecule has 0 saturated heterocycles. The standard InChI is InChI=1S/C11H14ClFO2/c1-7-10(13)9(12)6-8(4-3-5-14)11(7)15-2/h6,14H,3-5H2,1-2H3. The van der Waals surface area contributed by atoms with Crippen molar-refractivity contribution in [3.8, 4) is 5.75 Å². The quantitative estimate of drug-likeness (QED) is 0.865. The van der Waals surface area contributed by atoms with E-state index in [1.807, 2.05) is 0 Å². The first kappa shape index (κ1) is 12.3. The number of aliphatic hydroxyl groups excluding tert-OH is 1. The van der Waals surface area contributed by atoms with Gasteiger partial charge in [-0.3, -0.25) is 0 Å². The molecule has 0 atom stereocenters. The highest BCUT2D eigenvalue weighted by Gasteiger charge is 2.14. The maximum absolute atomic E-state index is 13.4. The van der Waals surface area contributed by atoms with Crippen molar-refractivity contribution in [2.24, 2.45) is 0 Å². The largest absolute Gasteiger partial charge is 0.496 e. The fraction of sp³-hybridized carbons (Fsp3) is 0.455. The predicted molar refractivity (Wildman–Crippen MR) is 58.1 cm³/mol. The van der Waals surface area contributed by atoms with Crippen molar-refractivity contribution >= 4 is 11.6 Å². The van der Waals surface area contributed by atoms with Crippen LogP contribution in [-0.4, -0.2) is 18.8 Å². The highest BCUT2D eigenvalue weighted by atomic mass is 35.5. The van der Waals surface area contributed by atoms with Crippen LogP contribution in [0.2, 0.25) is 5.02 Å². The van der Waals surface area contributed by atoms with Gasteiger partial charge in [-0.2, -0.15) is 0 Å². The van der Waals surface area contributed by atoms with E-state index in [9.17, 15) is 4.39 Å². The molecule has 84 valence electrons. The molecule has 4 heteroatoms. The molecule has 0 fully saturated rings. The molecular weight excluding hydrogens is 219 g/mol. The van der Waals surface area contributed by atoms with Crippen molar-refractivity contribution in [3.63, 3.8) is 0 Å². The number of halogens is 2. The van der Waals surface area contributed by atoms with E-state index >= 15 is 0 Å². The Balaban J connectivity index is 3.13. The zero-order chi connectivity index (χ0) is 11.4. The summed E-state index contributed by atoms with van der Waals surface area (Å²) in [4.78, 5) is 0. The van der Waals surface area contributed by atoms with E-state index in [1.54, 1.807) is 13.0 Å². The van der Waals surface area contributed by atoms with Crippen LogP contribution in [0.4, 0.5) is 4.39 Å². The van der Waals surface area contributed by atoms with Crippen LogP contribution < -0.4 is 4.74 Å². The molecule has 0 heterocycles. The second-order valence-electron chi connectivity index (χ2n) is 3.32. The molecule has 1 aromatic carbocycles. The molecule has 0 spiro atoms. The molecule has 0 amide bonds. The lowest BCUT2D eigenvalue weighted by atomic mass is 10.0. The fourth-order valence-electron chi connectivity index (χ4n) is 1.54. The Morgan fingerprint density at radius 3 is 2.73 bits per heavy atom. The minimum Gasteiger partial charge on any atom is -0.496 e. The Hall–Kier alpha value is -0.800. The highest BCUT2D eigenvalue weighted by Crippen LogP contribution is 2.31. The summed E-state index contributed by atoms with van der Waals surface area (Å²) in [7, 11) is 1.50. The molecule has 2 nitrogen and oxygen atoms in total. The van der Waals surface area contributed by atoms with Gasteiger partial charge in [-0.25, -0.2) is 4.39 Å². The Morgan fingerprint density at radius 1 is 1.53 bits per heavy atom.